The van der Waals surface area contributed by atoms with Crippen molar-refractivity contribution in [2.24, 2.45) is 5.14 Å². The van der Waals surface area contributed by atoms with E-state index in [1.807, 2.05) is 19.1 Å². The second-order valence-corrected chi connectivity index (χ2v) is 7.91. The third-order valence-electron chi connectivity index (χ3n) is 4.17. The highest BCUT2D eigenvalue weighted by Gasteiger charge is 2.19. The summed E-state index contributed by atoms with van der Waals surface area (Å²) in [4.78, 5) is 12.6. The van der Waals surface area contributed by atoms with Gasteiger partial charge < -0.3 is 5.32 Å². The van der Waals surface area contributed by atoms with Crippen molar-refractivity contribution in [3.05, 3.63) is 63.7 Å². The quantitative estimate of drug-likeness (QED) is 0.832. The molecule has 0 aliphatic heterocycles. The summed E-state index contributed by atoms with van der Waals surface area (Å²) in [6, 6.07) is 10.0. The monoisotopic (exact) mass is 380 g/mol. The Morgan fingerprint density at radius 2 is 1.80 bits per heavy atom. The van der Waals surface area contributed by atoms with Crippen LogP contribution >= 0.6 is 11.6 Å². The lowest BCUT2D eigenvalue weighted by Gasteiger charge is -2.18. The van der Waals surface area contributed by atoms with Crippen LogP contribution in [0.5, 0.6) is 0 Å². The number of nitrogens with one attached hydrogen (secondary N) is 1. The lowest BCUT2D eigenvalue weighted by atomic mass is 10.0. The molecule has 5 nitrogen and oxygen atoms in total. The molecule has 134 valence electrons. The van der Waals surface area contributed by atoms with E-state index in [1.165, 1.54) is 6.07 Å². The first kappa shape index (κ1) is 19.4. The Bertz CT molecular complexity index is 893. The van der Waals surface area contributed by atoms with E-state index in [2.05, 4.69) is 5.32 Å². The zero-order valence-corrected chi connectivity index (χ0v) is 15.9. The number of rotatable bonds is 5. The number of sulfonamides is 1. The Morgan fingerprint density at radius 3 is 2.32 bits per heavy atom. The van der Waals surface area contributed by atoms with Crippen LogP contribution in [0.3, 0.4) is 0 Å². The van der Waals surface area contributed by atoms with Crippen LogP contribution in [0, 0.1) is 13.8 Å². The molecule has 0 saturated heterocycles. The fraction of sp³-hybridized carbons (Fsp3) is 0.278. The molecule has 2 aromatic rings. The van der Waals surface area contributed by atoms with Gasteiger partial charge in [0.05, 0.1) is 10.9 Å². The van der Waals surface area contributed by atoms with Gasteiger partial charge in [-0.15, -0.1) is 0 Å². The van der Waals surface area contributed by atoms with Gasteiger partial charge in [-0.1, -0.05) is 30.7 Å². The normalized spacial score (nSPS) is 12.7. The molecule has 0 bridgehead atoms. The zero-order valence-electron chi connectivity index (χ0n) is 14.3. The van der Waals surface area contributed by atoms with E-state index in [-0.39, 0.29) is 22.4 Å². The Balaban J connectivity index is 2.34. The molecular formula is C18H21ClN2O3S. The SMILES string of the molecule is CCC(NC(=O)c1cc(C)c(C)c(S(N)(=O)=O)c1)c1ccc(Cl)cc1. The second-order valence-electron chi connectivity index (χ2n) is 5.95. The molecule has 3 N–H and O–H groups in total. The van der Waals surface area contributed by atoms with Crippen LogP contribution < -0.4 is 10.5 Å². The summed E-state index contributed by atoms with van der Waals surface area (Å²) in [7, 11) is -3.90. The third-order valence-corrected chi connectivity index (χ3v) is 5.46. The molecule has 0 radical (unpaired) electrons. The summed E-state index contributed by atoms with van der Waals surface area (Å²) in [6.07, 6.45) is 0.681. The number of hydrogen-bond donors (Lipinski definition) is 2. The predicted molar refractivity (Wildman–Crippen MR) is 99.2 cm³/mol. The number of primary sulfonamides is 1. The highest BCUT2D eigenvalue weighted by Crippen LogP contribution is 2.23. The molecule has 25 heavy (non-hydrogen) atoms. The number of benzene rings is 2. The molecule has 0 aliphatic carbocycles. The van der Waals surface area contributed by atoms with Crippen molar-refractivity contribution in [2.75, 3.05) is 0 Å². The lowest BCUT2D eigenvalue weighted by molar-refractivity contribution is 0.0935. The number of nitrogens with two attached hydrogens (primary N) is 1. The zero-order chi connectivity index (χ0) is 18.8. The molecule has 0 aromatic heterocycles. The van der Waals surface area contributed by atoms with Crippen molar-refractivity contribution in [3.63, 3.8) is 0 Å². The van der Waals surface area contributed by atoms with Crippen LogP contribution in [0.25, 0.3) is 0 Å². The first-order valence-electron chi connectivity index (χ1n) is 7.84. The van der Waals surface area contributed by atoms with Crippen molar-refractivity contribution in [3.8, 4) is 0 Å². The highest BCUT2D eigenvalue weighted by molar-refractivity contribution is 7.89. The van der Waals surface area contributed by atoms with E-state index < -0.39 is 10.0 Å². The van der Waals surface area contributed by atoms with Gasteiger partial charge in [0, 0.05) is 10.6 Å². The lowest BCUT2D eigenvalue weighted by Crippen LogP contribution is -2.28. The molecule has 0 fully saturated rings. The summed E-state index contributed by atoms with van der Waals surface area (Å²) >= 11 is 5.90. The number of aryl methyl sites for hydroxylation is 1. The van der Waals surface area contributed by atoms with Crippen molar-refractivity contribution in [1.29, 1.82) is 0 Å². The first-order valence-corrected chi connectivity index (χ1v) is 9.76. The summed E-state index contributed by atoms with van der Waals surface area (Å²) in [6.45, 7) is 5.37. The number of carbonyl (C=O) groups is 1. The standard InChI is InChI=1S/C18H21ClN2O3S/c1-4-16(13-5-7-15(19)8-6-13)21-18(22)14-9-11(2)12(3)17(10-14)25(20,23)24/h5-10,16H,4H2,1-3H3,(H,21,22)(H2,20,23,24). The number of carbonyl (C=O) groups excluding carboxylic acids is 1. The largest absolute Gasteiger partial charge is 0.345 e. The van der Waals surface area contributed by atoms with Gasteiger partial charge in [0.1, 0.15) is 0 Å². The average molecular weight is 381 g/mol. The minimum atomic E-state index is -3.90. The molecule has 1 amide bonds. The highest BCUT2D eigenvalue weighted by atomic mass is 35.5. The Hall–Kier alpha value is -1.89. The van der Waals surface area contributed by atoms with Crippen molar-refractivity contribution < 1.29 is 13.2 Å². The summed E-state index contributed by atoms with van der Waals surface area (Å²) in [5.74, 6) is -0.352. The fourth-order valence-electron chi connectivity index (χ4n) is 2.61. The van der Waals surface area contributed by atoms with Crippen LogP contribution in [0.2, 0.25) is 5.02 Å². The molecule has 2 aromatic carbocycles. The van der Waals surface area contributed by atoms with Crippen molar-refractivity contribution in [2.45, 2.75) is 38.1 Å². The van der Waals surface area contributed by atoms with Crippen molar-refractivity contribution in [1.82, 2.24) is 5.32 Å². The van der Waals surface area contributed by atoms with Crippen LogP contribution in [0.1, 0.15) is 46.4 Å². The molecule has 1 unspecified atom stereocenters. The minimum Gasteiger partial charge on any atom is -0.345 e. The summed E-state index contributed by atoms with van der Waals surface area (Å²) in [5, 5.41) is 8.80. The van der Waals surface area contributed by atoms with E-state index in [0.29, 0.717) is 22.6 Å². The molecule has 7 heteroatoms. The molecular weight excluding hydrogens is 360 g/mol. The number of halogens is 1. The van der Waals surface area contributed by atoms with Gasteiger partial charge in [-0.25, -0.2) is 13.6 Å². The van der Waals surface area contributed by atoms with Gasteiger partial charge in [-0.05, 0) is 61.2 Å². The number of amides is 1. The topological polar surface area (TPSA) is 89.3 Å². The van der Waals surface area contributed by atoms with Gasteiger partial charge in [0.2, 0.25) is 10.0 Å². The summed E-state index contributed by atoms with van der Waals surface area (Å²) in [5.41, 5.74) is 2.43. The molecule has 0 aliphatic rings. The minimum absolute atomic E-state index is 0.0304. The van der Waals surface area contributed by atoms with Gasteiger partial charge in [-0.2, -0.15) is 0 Å². The molecule has 1 atom stereocenters. The van der Waals surface area contributed by atoms with E-state index in [1.54, 1.807) is 32.0 Å². The molecule has 0 heterocycles. The Kier molecular flexibility index (Phi) is 5.87. The predicted octanol–water partition coefficient (Wildman–Crippen LogP) is 3.49. The van der Waals surface area contributed by atoms with Crippen molar-refractivity contribution >= 4 is 27.5 Å². The fourth-order valence-corrected chi connectivity index (χ4v) is 3.62. The smallest absolute Gasteiger partial charge is 0.251 e. The van der Waals surface area contributed by atoms with E-state index in [4.69, 9.17) is 16.7 Å². The van der Waals surface area contributed by atoms with Gasteiger partial charge in [-0.3, -0.25) is 4.79 Å². The van der Waals surface area contributed by atoms with E-state index >= 15 is 0 Å². The molecule has 0 spiro atoms. The second kappa shape index (κ2) is 7.56. The van der Waals surface area contributed by atoms with Gasteiger partial charge in [0.15, 0.2) is 0 Å². The maximum Gasteiger partial charge on any atom is 0.251 e. The molecule has 0 saturated carbocycles. The maximum absolute atomic E-state index is 12.6. The Morgan fingerprint density at radius 1 is 1.20 bits per heavy atom. The van der Waals surface area contributed by atoms with Crippen LogP contribution in [-0.2, 0) is 10.0 Å². The van der Waals surface area contributed by atoms with E-state index in [9.17, 15) is 13.2 Å². The molecule has 2 rings (SSSR count). The number of hydrogen-bond acceptors (Lipinski definition) is 3. The average Bonchev–Trinajstić information content (AvgIpc) is 2.54. The first-order chi connectivity index (χ1) is 11.6. The van der Waals surface area contributed by atoms with Gasteiger partial charge >= 0.3 is 0 Å². The van der Waals surface area contributed by atoms with Crippen LogP contribution in [-0.4, -0.2) is 14.3 Å². The maximum atomic E-state index is 12.6. The summed E-state index contributed by atoms with van der Waals surface area (Å²) < 4.78 is 23.5. The van der Waals surface area contributed by atoms with Crippen LogP contribution in [0.4, 0.5) is 0 Å². The van der Waals surface area contributed by atoms with Gasteiger partial charge in [0.25, 0.3) is 5.91 Å². The third kappa shape index (κ3) is 4.60. The Labute approximate surface area is 153 Å². The van der Waals surface area contributed by atoms with Crippen LogP contribution in [0.15, 0.2) is 41.3 Å². The van der Waals surface area contributed by atoms with E-state index in [0.717, 1.165) is 5.56 Å².